The van der Waals surface area contributed by atoms with Gasteiger partial charge in [-0.1, -0.05) is 6.92 Å². The quantitative estimate of drug-likeness (QED) is 0.576. The van der Waals surface area contributed by atoms with Gasteiger partial charge in [0.15, 0.2) is 0 Å². The number of esters is 1. The molecular weight excluding hydrogens is 144 g/mol. The molecule has 0 bridgehead atoms. The Labute approximate surface area is 67.7 Å². The summed E-state index contributed by atoms with van der Waals surface area (Å²) in [6.45, 7) is 5.00. The summed E-state index contributed by atoms with van der Waals surface area (Å²) in [5.74, 6) is 0.0440. The molecule has 0 atom stereocenters. The Bertz CT molecular complexity index is 115. The van der Waals surface area contributed by atoms with Crippen LogP contribution in [0.2, 0.25) is 0 Å². The van der Waals surface area contributed by atoms with Crippen molar-refractivity contribution < 1.29 is 14.3 Å². The van der Waals surface area contributed by atoms with E-state index in [0.717, 1.165) is 6.42 Å². The van der Waals surface area contributed by atoms with E-state index in [4.69, 9.17) is 0 Å². The van der Waals surface area contributed by atoms with Crippen LogP contribution in [0, 0.1) is 0 Å². The molecule has 3 heteroatoms. The van der Waals surface area contributed by atoms with Gasteiger partial charge in [-0.25, -0.2) is 0 Å². The molecule has 0 aliphatic rings. The fraction of sp³-hybridized carbons (Fsp3) is 0.750. The van der Waals surface area contributed by atoms with Gasteiger partial charge in [0.1, 0.15) is 5.78 Å². The molecule has 0 saturated carbocycles. The molecule has 0 aliphatic carbocycles. The van der Waals surface area contributed by atoms with Crippen LogP contribution in [0.1, 0.15) is 33.6 Å². The highest BCUT2D eigenvalue weighted by Crippen LogP contribution is 1.86. The maximum atomic E-state index is 10.2. The predicted molar refractivity (Wildman–Crippen MR) is 43.3 cm³/mol. The van der Waals surface area contributed by atoms with E-state index >= 15 is 0 Å². The molecule has 0 rings (SSSR count). The summed E-state index contributed by atoms with van der Waals surface area (Å²) in [6.07, 6.45) is 1.41. The number of ether oxygens (including phenoxy) is 1. The minimum atomic E-state index is -0.123. The largest absolute Gasteiger partial charge is 0.469 e. The third-order valence-corrected chi connectivity index (χ3v) is 0.682. The molecule has 0 aromatic rings. The molecule has 0 aromatic heterocycles. The summed E-state index contributed by atoms with van der Waals surface area (Å²) in [7, 11) is 1.40. The van der Waals surface area contributed by atoms with Crippen LogP contribution in [-0.4, -0.2) is 18.9 Å². The Morgan fingerprint density at radius 1 is 1.27 bits per heavy atom. The maximum Gasteiger partial charge on any atom is 0.305 e. The minimum absolute atomic E-state index is 0.123. The van der Waals surface area contributed by atoms with Crippen LogP contribution in [0.15, 0.2) is 0 Å². The zero-order valence-corrected chi connectivity index (χ0v) is 7.64. The van der Waals surface area contributed by atoms with E-state index in [2.05, 4.69) is 4.74 Å². The fourth-order valence-electron chi connectivity index (χ4n) is 0.306. The Morgan fingerprint density at radius 2 is 1.64 bits per heavy atom. The Balaban J connectivity index is 0. The molecule has 0 N–H and O–H groups in total. The highest BCUT2D eigenvalue weighted by atomic mass is 16.5. The van der Waals surface area contributed by atoms with Crippen LogP contribution in [-0.2, 0) is 14.3 Å². The molecule has 0 saturated heterocycles. The van der Waals surface area contributed by atoms with Crippen LogP contribution < -0.4 is 0 Å². The molecule has 0 aromatic carbocycles. The van der Waals surface area contributed by atoms with E-state index in [9.17, 15) is 9.59 Å². The lowest BCUT2D eigenvalue weighted by molar-refractivity contribution is -0.140. The number of methoxy groups -OCH3 is 1. The molecule has 11 heavy (non-hydrogen) atoms. The molecule has 0 heterocycles. The van der Waals surface area contributed by atoms with Crippen LogP contribution >= 0.6 is 0 Å². The lowest BCUT2D eigenvalue weighted by Gasteiger charge is -1.91. The average Bonchev–Trinajstić information content (AvgIpc) is 1.87. The molecule has 0 fully saturated rings. The average molecular weight is 160 g/mol. The van der Waals surface area contributed by atoms with Gasteiger partial charge in [-0.2, -0.15) is 0 Å². The van der Waals surface area contributed by atoms with Crippen molar-refractivity contribution in [3.8, 4) is 0 Å². The maximum absolute atomic E-state index is 10.2. The number of rotatable bonds is 2. The zero-order chi connectivity index (χ0) is 9.28. The first-order valence-corrected chi connectivity index (χ1v) is 3.58. The van der Waals surface area contributed by atoms with Gasteiger partial charge >= 0.3 is 5.97 Å². The van der Waals surface area contributed by atoms with Gasteiger partial charge in [-0.15, -0.1) is 0 Å². The lowest BCUT2D eigenvalue weighted by Crippen LogP contribution is -1.97. The van der Waals surface area contributed by atoms with Crippen LogP contribution in [0.3, 0.4) is 0 Å². The first-order chi connectivity index (χ1) is 5.04. The smallest absolute Gasteiger partial charge is 0.305 e. The molecule has 0 aliphatic heterocycles. The molecule has 0 spiro atoms. The van der Waals surface area contributed by atoms with Crippen molar-refractivity contribution in [2.24, 2.45) is 0 Å². The van der Waals surface area contributed by atoms with E-state index in [0.29, 0.717) is 6.42 Å². The monoisotopic (exact) mass is 160 g/mol. The van der Waals surface area contributed by atoms with E-state index < -0.39 is 0 Å². The zero-order valence-electron chi connectivity index (χ0n) is 7.64. The number of carbonyl (C=O) groups is 2. The summed E-state index contributed by atoms with van der Waals surface area (Å²) < 4.78 is 4.35. The second-order valence-electron chi connectivity index (χ2n) is 2.23. The van der Waals surface area contributed by atoms with Crippen LogP contribution in [0.4, 0.5) is 0 Å². The van der Waals surface area contributed by atoms with Gasteiger partial charge in [0.2, 0.25) is 0 Å². The van der Waals surface area contributed by atoms with Crippen molar-refractivity contribution in [3.05, 3.63) is 0 Å². The summed E-state index contributed by atoms with van der Waals surface area (Å²) in [5, 5.41) is 0. The van der Waals surface area contributed by atoms with Crippen molar-refractivity contribution in [3.63, 3.8) is 0 Å². The molecule has 0 unspecified atom stereocenters. The minimum Gasteiger partial charge on any atom is -0.469 e. The normalized spacial score (nSPS) is 7.64. The Hall–Kier alpha value is -0.860. The summed E-state index contributed by atoms with van der Waals surface area (Å²) >= 11 is 0. The van der Waals surface area contributed by atoms with Gasteiger partial charge < -0.3 is 9.53 Å². The third kappa shape index (κ3) is 27.2. The van der Waals surface area contributed by atoms with Crippen molar-refractivity contribution in [1.29, 1.82) is 0 Å². The first-order valence-electron chi connectivity index (χ1n) is 3.58. The van der Waals surface area contributed by atoms with Crippen molar-refractivity contribution in [1.82, 2.24) is 0 Å². The van der Waals surface area contributed by atoms with E-state index in [1.165, 1.54) is 21.0 Å². The van der Waals surface area contributed by atoms with E-state index in [1.54, 1.807) is 0 Å². The lowest BCUT2D eigenvalue weighted by atomic mass is 10.3. The summed E-state index contributed by atoms with van der Waals surface area (Å²) in [4.78, 5) is 19.6. The SMILES string of the molecule is CC(C)=O.CCCC(=O)OC. The molecular formula is C8H16O3. The molecule has 66 valence electrons. The Morgan fingerprint density at radius 3 is 1.73 bits per heavy atom. The van der Waals surface area contributed by atoms with Gasteiger partial charge in [-0.3, -0.25) is 4.79 Å². The highest BCUT2D eigenvalue weighted by Gasteiger charge is 1.92. The number of ketones is 1. The second kappa shape index (κ2) is 9.14. The fourth-order valence-corrected chi connectivity index (χ4v) is 0.306. The third-order valence-electron chi connectivity index (χ3n) is 0.682. The molecule has 3 nitrogen and oxygen atoms in total. The van der Waals surface area contributed by atoms with Gasteiger partial charge in [0.25, 0.3) is 0 Å². The van der Waals surface area contributed by atoms with Gasteiger partial charge in [0, 0.05) is 6.42 Å². The van der Waals surface area contributed by atoms with E-state index in [-0.39, 0.29) is 11.8 Å². The van der Waals surface area contributed by atoms with Crippen molar-refractivity contribution in [2.75, 3.05) is 7.11 Å². The first kappa shape index (κ1) is 12.8. The highest BCUT2D eigenvalue weighted by molar-refractivity contribution is 5.72. The van der Waals surface area contributed by atoms with Crippen LogP contribution in [0.25, 0.3) is 0 Å². The Kier molecular flexibility index (Phi) is 10.6. The second-order valence-corrected chi connectivity index (χ2v) is 2.23. The van der Waals surface area contributed by atoms with Gasteiger partial charge in [0.05, 0.1) is 7.11 Å². The topological polar surface area (TPSA) is 43.4 Å². The number of Topliss-reactive ketones (excluding diaryl/α,β-unsaturated/α-hetero) is 1. The van der Waals surface area contributed by atoms with Crippen molar-refractivity contribution >= 4 is 11.8 Å². The van der Waals surface area contributed by atoms with Crippen molar-refractivity contribution in [2.45, 2.75) is 33.6 Å². The predicted octanol–water partition coefficient (Wildman–Crippen LogP) is 1.55. The summed E-state index contributed by atoms with van der Waals surface area (Å²) in [5.41, 5.74) is 0. The standard InChI is InChI=1S/C5H10O2.C3H6O/c1-3-4-5(6)7-2;1-3(2)4/h3-4H2,1-2H3;1-2H3. The van der Waals surface area contributed by atoms with Crippen LogP contribution in [0.5, 0.6) is 0 Å². The molecule has 0 radical (unpaired) electrons. The summed E-state index contributed by atoms with van der Waals surface area (Å²) in [6, 6.07) is 0. The number of carbonyl (C=O) groups excluding carboxylic acids is 2. The van der Waals surface area contributed by atoms with E-state index in [1.807, 2.05) is 6.92 Å². The number of hydrogen-bond donors (Lipinski definition) is 0. The molecule has 0 amide bonds. The van der Waals surface area contributed by atoms with Gasteiger partial charge in [-0.05, 0) is 20.3 Å². The number of hydrogen-bond acceptors (Lipinski definition) is 3.